The molecule has 0 aromatic heterocycles. The first-order valence-electron chi connectivity index (χ1n) is 6.56. The Morgan fingerprint density at radius 1 is 1.42 bits per heavy atom. The highest BCUT2D eigenvalue weighted by Crippen LogP contribution is 2.03. The van der Waals surface area contributed by atoms with Crippen molar-refractivity contribution in [3.8, 4) is 0 Å². The highest BCUT2D eigenvalue weighted by Gasteiger charge is 2.20. The maximum absolute atomic E-state index is 10.4. The average molecular weight is 276 g/mol. The monoisotopic (exact) mass is 276 g/mol. The summed E-state index contributed by atoms with van der Waals surface area (Å²) < 4.78 is 0. The molecule has 0 radical (unpaired) electrons. The van der Waals surface area contributed by atoms with E-state index in [9.17, 15) is 9.59 Å². The lowest BCUT2D eigenvalue weighted by Crippen LogP contribution is -2.37. The van der Waals surface area contributed by atoms with E-state index in [0.29, 0.717) is 6.54 Å². The second kappa shape index (κ2) is 10.7. The number of carbonyl (C=O) groups is 2. The maximum Gasteiger partial charge on any atom is 0.320 e. The van der Waals surface area contributed by atoms with Crippen LogP contribution in [0.1, 0.15) is 32.6 Å². The molecule has 7 heteroatoms. The Bertz CT molecular complexity index is 267. The zero-order valence-electron chi connectivity index (χ0n) is 11.3. The highest BCUT2D eigenvalue weighted by molar-refractivity contribution is 5.73. The summed E-state index contributed by atoms with van der Waals surface area (Å²) in [6.07, 6.45) is 2.96. The third-order valence-electron chi connectivity index (χ3n) is 2.72. The van der Waals surface area contributed by atoms with Gasteiger partial charge < -0.3 is 26.0 Å². The van der Waals surface area contributed by atoms with E-state index in [0.717, 1.165) is 25.8 Å². The van der Waals surface area contributed by atoms with Crippen molar-refractivity contribution in [3.63, 3.8) is 0 Å². The van der Waals surface area contributed by atoms with Gasteiger partial charge in [0.1, 0.15) is 12.1 Å². The predicted octanol–water partition coefficient (Wildman–Crippen LogP) is -0.355. The molecule has 0 aromatic carbocycles. The fourth-order valence-electron chi connectivity index (χ4n) is 1.66. The minimum absolute atomic E-state index is 0.0896. The van der Waals surface area contributed by atoms with Gasteiger partial charge >= 0.3 is 11.9 Å². The van der Waals surface area contributed by atoms with Crippen molar-refractivity contribution in [1.29, 1.82) is 0 Å². The Hall–Kier alpha value is -1.18. The van der Waals surface area contributed by atoms with Crippen LogP contribution in [0.25, 0.3) is 0 Å². The predicted molar refractivity (Wildman–Crippen MR) is 70.1 cm³/mol. The highest BCUT2D eigenvalue weighted by atomic mass is 16.4. The van der Waals surface area contributed by atoms with Crippen molar-refractivity contribution < 1.29 is 24.9 Å². The summed E-state index contributed by atoms with van der Waals surface area (Å²) in [4.78, 5) is 20.6. The number of aliphatic hydroxyl groups excluding tert-OH is 1. The van der Waals surface area contributed by atoms with E-state index in [-0.39, 0.29) is 19.1 Å². The minimum atomic E-state index is -0.896. The summed E-state index contributed by atoms with van der Waals surface area (Å²) in [5.74, 6) is -1.62. The largest absolute Gasteiger partial charge is 0.480 e. The maximum atomic E-state index is 10.4. The summed E-state index contributed by atoms with van der Waals surface area (Å²) in [7, 11) is 0. The number of carboxylic acids is 2. The summed E-state index contributed by atoms with van der Waals surface area (Å²) in [5.41, 5.74) is 0. The number of hydrogen-bond acceptors (Lipinski definition) is 5. The van der Waals surface area contributed by atoms with Crippen LogP contribution in [0.15, 0.2) is 0 Å². The van der Waals surface area contributed by atoms with Crippen LogP contribution in [0.2, 0.25) is 0 Å². The molecule has 5 N–H and O–H groups in total. The number of aliphatic carboxylic acids is 2. The van der Waals surface area contributed by atoms with Crippen LogP contribution in [-0.2, 0) is 9.59 Å². The van der Waals surface area contributed by atoms with Gasteiger partial charge in [0.15, 0.2) is 0 Å². The van der Waals surface area contributed by atoms with Crippen LogP contribution in [0.4, 0.5) is 0 Å². The van der Waals surface area contributed by atoms with E-state index in [2.05, 4.69) is 10.6 Å². The Morgan fingerprint density at radius 2 is 2.11 bits per heavy atom. The number of nitrogens with one attached hydrogen (secondary N) is 2. The molecule has 1 saturated heterocycles. The first-order chi connectivity index (χ1) is 9.02. The zero-order valence-corrected chi connectivity index (χ0v) is 11.3. The number of aliphatic hydroxyl groups is 1. The van der Waals surface area contributed by atoms with Gasteiger partial charge in [-0.25, -0.2) is 0 Å². The van der Waals surface area contributed by atoms with Crippen LogP contribution >= 0.6 is 0 Å². The number of carboxylic acid groups (broad SMARTS) is 2. The van der Waals surface area contributed by atoms with Crippen molar-refractivity contribution in [2.24, 2.45) is 0 Å². The summed E-state index contributed by atoms with van der Waals surface area (Å²) in [6.45, 7) is 3.41. The molecule has 1 heterocycles. The molecule has 1 aliphatic rings. The van der Waals surface area contributed by atoms with E-state index in [4.69, 9.17) is 15.3 Å². The topological polar surface area (TPSA) is 119 Å². The van der Waals surface area contributed by atoms with Gasteiger partial charge in [-0.15, -0.1) is 0 Å². The third kappa shape index (κ3) is 8.52. The molecule has 112 valence electrons. The molecule has 0 saturated carbocycles. The van der Waals surface area contributed by atoms with Gasteiger partial charge in [0.05, 0.1) is 0 Å². The van der Waals surface area contributed by atoms with Crippen molar-refractivity contribution in [3.05, 3.63) is 0 Å². The molecule has 0 amide bonds. The van der Waals surface area contributed by atoms with E-state index in [1.54, 1.807) is 0 Å². The standard InChI is InChI=1S/C7H15NO3.C5H9NO2/c1-2-4-8-6(3-5-9)7(10)11;7-5(8)4-2-1-3-6-4/h6,8-9H,2-5H2,1H3,(H,10,11);4,6H,1-3H2,(H,7,8)/t6-;4-/m00/s1. The van der Waals surface area contributed by atoms with Crippen LogP contribution in [0.3, 0.4) is 0 Å². The smallest absolute Gasteiger partial charge is 0.320 e. The molecule has 19 heavy (non-hydrogen) atoms. The molecule has 0 unspecified atom stereocenters. The summed E-state index contributed by atoms with van der Waals surface area (Å²) in [6, 6.07) is -0.866. The minimum Gasteiger partial charge on any atom is -0.480 e. The van der Waals surface area contributed by atoms with Crippen molar-refractivity contribution >= 4 is 11.9 Å². The van der Waals surface area contributed by atoms with Crippen LogP contribution in [0, 0.1) is 0 Å². The molecule has 0 aromatic rings. The molecular formula is C12H24N2O5. The molecule has 1 fully saturated rings. The fraction of sp³-hybridized carbons (Fsp3) is 0.833. The third-order valence-corrected chi connectivity index (χ3v) is 2.72. The van der Waals surface area contributed by atoms with Crippen LogP contribution < -0.4 is 10.6 Å². The van der Waals surface area contributed by atoms with Crippen molar-refractivity contribution in [2.75, 3.05) is 19.7 Å². The number of rotatable bonds is 7. The lowest BCUT2D eigenvalue weighted by Gasteiger charge is -2.11. The Labute approximate surface area is 113 Å². The molecule has 0 aliphatic carbocycles. The van der Waals surface area contributed by atoms with Gasteiger partial charge in [0, 0.05) is 6.61 Å². The first-order valence-corrected chi connectivity index (χ1v) is 6.56. The first kappa shape index (κ1) is 17.8. The lowest BCUT2D eigenvalue weighted by molar-refractivity contribution is -0.140. The van der Waals surface area contributed by atoms with Gasteiger partial charge in [-0.3, -0.25) is 9.59 Å². The molecule has 0 bridgehead atoms. The fourth-order valence-corrected chi connectivity index (χ4v) is 1.66. The molecular weight excluding hydrogens is 252 g/mol. The Morgan fingerprint density at radius 3 is 2.42 bits per heavy atom. The average Bonchev–Trinajstić information content (AvgIpc) is 2.89. The van der Waals surface area contributed by atoms with Crippen LogP contribution in [-0.4, -0.2) is 59.0 Å². The normalized spacial score (nSPS) is 19.4. The van der Waals surface area contributed by atoms with Crippen molar-refractivity contribution in [1.82, 2.24) is 10.6 Å². The van der Waals surface area contributed by atoms with E-state index < -0.39 is 18.0 Å². The quantitative estimate of drug-likeness (QED) is 0.431. The van der Waals surface area contributed by atoms with Crippen molar-refractivity contribution in [2.45, 2.75) is 44.7 Å². The molecule has 1 rings (SSSR count). The SMILES string of the molecule is CCCN[C@@H](CCO)C(=O)O.O=C(O)[C@@H]1CCCN1. The molecule has 0 spiro atoms. The van der Waals surface area contributed by atoms with Gasteiger partial charge in [-0.1, -0.05) is 6.92 Å². The zero-order chi connectivity index (χ0) is 14.7. The lowest BCUT2D eigenvalue weighted by atomic mass is 10.2. The van der Waals surface area contributed by atoms with E-state index >= 15 is 0 Å². The molecule has 2 atom stereocenters. The number of hydrogen-bond donors (Lipinski definition) is 5. The molecule has 7 nitrogen and oxygen atoms in total. The summed E-state index contributed by atoms with van der Waals surface area (Å²) >= 11 is 0. The van der Waals surface area contributed by atoms with Gasteiger partial charge in [0.25, 0.3) is 0 Å². The Balaban J connectivity index is 0.000000356. The van der Waals surface area contributed by atoms with Crippen LogP contribution in [0.5, 0.6) is 0 Å². The van der Waals surface area contributed by atoms with E-state index in [1.807, 2.05) is 6.92 Å². The summed E-state index contributed by atoms with van der Waals surface area (Å²) in [5, 5.41) is 31.1. The second-order valence-electron chi connectivity index (χ2n) is 4.34. The Kier molecular flexibility index (Phi) is 10.1. The van der Waals surface area contributed by atoms with Gasteiger partial charge in [-0.2, -0.15) is 0 Å². The second-order valence-corrected chi connectivity index (χ2v) is 4.34. The van der Waals surface area contributed by atoms with E-state index in [1.165, 1.54) is 0 Å². The van der Waals surface area contributed by atoms with Gasteiger partial charge in [-0.05, 0) is 38.8 Å². The molecule has 1 aliphatic heterocycles. The van der Waals surface area contributed by atoms with Gasteiger partial charge in [0.2, 0.25) is 0 Å².